The van der Waals surface area contributed by atoms with E-state index in [1.807, 2.05) is 66.9 Å². The third-order valence-electron chi connectivity index (χ3n) is 5.77. The highest BCUT2D eigenvalue weighted by molar-refractivity contribution is 9.10. The van der Waals surface area contributed by atoms with Crippen LogP contribution in [0.25, 0.3) is 17.0 Å². The zero-order chi connectivity index (χ0) is 25.8. The number of carbonyl (C=O) groups excluding carboxylic acids is 3. The highest BCUT2D eigenvalue weighted by Gasteiger charge is 2.36. The molecule has 1 aliphatic rings. The van der Waals surface area contributed by atoms with E-state index in [9.17, 15) is 14.4 Å². The molecule has 186 valence electrons. The van der Waals surface area contributed by atoms with Crippen molar-refractivity contribution in [2.75, 3.05) is 18.5 Å². The maximum Gasteiger partial charge on any atom is 0.294 e. The van der Waals surface area contributed by atoms with Gasteiger partial charge in [-0.3, -0.25) is 19.3 Å². The highest BCUT2D eigenvalue weighted by atomic mass is 79.9. The van der Waals surface area contributed by atoms with Crippen LogP contribution in [0.2, 0.25) is 0 Å². The van der Waals surface area contributed by atoms with Crippen LogP contribution in [0.5, 0.6) is 5.75 Å². The second-order valence-corrected chi connectivity index (χ2v) is 10.1. The van der Waals surface area contributed by atoms with E-state index in [0.717, 1.165) is 38.9 Å². The Kier molecular flexibility index (Phi) is 7.43. The summed E-state index contributed by atoms with van der Waals surface area (Å²) >= 11 is 4.21. The van der Waals surface area contributed by atoms with Crippen molar-refractivity contribution in [2.24, 2.45) is 0 Å². The molecular formula is C28H22BrN3O4S. The molecule has 4 aromatic rings. The van der Waals surface area contributed by atoms with E-state index >= 15 is 0 Å². The van der Waals surface area contributed by atoms with E-state index in [1.54, 1.807) is 24.3 Å². The quantitative estimate of drug-likeness (QED) is 0.254. The lowest BCUT2D eigenvalue weighted by Crippen LogP contribution is -2.36. The highest BCUT2D eigenvalue weighted by Crippen LogP contribution is 2.34. The number of para-hydroxylation sites is 3. The molecule has 1 saturated heterocycles. The summed E-state index contributed by atoms with van der Waals surface area (Å²) in [7, 11) is 0. The summed E-state index contributed by atoms with van der Waals surface area (Å²) in [5.41, 5.74) is 2.38. The number of rotatable bonds is 8. The summed E-state index contributed by atoms with van der Waals surface area (Å²) in [5, 5.41) is 3.21. The molecule has 0 aliphatic carbocycles. The monoisotopic (exact) mass is 575 g/mol. The number of benzene rings is 3. The van der Waals surface area contributed by atoms with Crippen molar-refractivity contribution in [2.45, 2.75) is 6.54 Å². The number of imide groups is 1. The van der Waals surface area contributed by atoms with E-state index in [4.69, 9.17) is 4.74 Å². The Hall–Kier alpha value is -3.82. The van der Waals surface area contributed by atoms with Crippen LogP contribution in [0.3, 0.4) is 0 Å². The molecule has 3 amide bonds. The van der Waals surface area contributed by atoms with Crippen LogP contribution < -0.4 is 10.1 Å². The number of carbonyl (C=O) groups is 3. The molecule has 0 atom stereocenters. The topological polar surface area (TPSA) is 80.6 Å². The molecule has 1 aliphatic heterocycles. The Morgan fingerprint density at radius 3 is 2.51 bits per heavy atom. The standard InChI is InChI=1S/C28H22BrN3O4S/c29-22-11-5-6-12-23(22)30-26(33)18-32-27(34)25(37-28(32)35)16-19-17-31(24-13-7-4-10-21(19)24)14-15-36-20-8-2-1-3-9-20/h1-13,16-17H,14-15,18H2,(H,30,33)/b25-16-. The fourth-order valence-electron chi connectivity index (χ4n) is 4.03. The predicted octanol–water partition coefficient (Wildman–Crippen LogP) is 6.16. The van der Waals surface area contributed by atoms with E-state index in [0.29, 0.717) is 23.3 Å². The van der Waals surface area contributed by atoms with Gasteiger partial charge >= 0.3 is 0 Å². The van der Waals surface area contributed by atoms with Crippen LogP contribution in [0.4, 0.5) is 10.5 Å². The fourth-order valence-corrected chi connectivity index (χ4v) is 5.24. The van der Waals surface area contributed by atoms with Crippen molar-refractivity contribution >= 4 is 67.4 Å². The number of fused-ring (bicyclic) bond motifs is 1. The lowest BCUT2D eigenvalue weighted by atomic mass is 10.1. The molecule has 7 nitrogen and oxygen atoms in total. The normalized spacial score (nSPS) is 14.5. The first kappa shape index (κ1) is 24.9. The number of nitrogens with one attached hydrogen (secondary N) is 1. The van der Waals surface area contributed by atoms with Gasteiger partial charge in [0.05, 0.1) is 17.1 Å². The second kappa shape index (κ2) is 11.1. The predicted molar refractivity (Wildman–Crippen MR) is 149 cm³/mol. The van der Waals surface area contributed by atoms with Gasteiger partial charge in [-0.25, -0.2) is 0 Å². The minimum Gasteiger partial charge on any atom is -0.492 e. The van der Waals surface area contributed by atoms with Crippen molar-refractivity contribution in [3.05, 3.63) is 100 Å². The maximum atomic E-state index is 13.0. The first-order chi connectivity index (χ1) is 18.0. The van der Waals surface area contributed by atoms with E-state index < -0.39 is 17.1 Å². The zero-order valence-electron chi connectivity index (χ0n) is 19.6. The van der Waals surface area contributed by atoms with Gasteiger partial charge in [-0.05, 0) is 64.1 Å². The van der Waals surface area contributed by atoms with Gasteiger partial charge in [-0.15, -0.1) is 0 Å². The lowest BCUT2D eigenvalue weighted by Gasteiger charge is -2.13. The van der Waals surface area contributed by atoms with Gasteiger partial charge in [-0.1, -0.05) is 48.5 Å². The fraction of sp³-hybridized carbons (Fsp3) is 0.107. The number of amides is 3. The molecule has 0 radical (unpaired) electrons. The molecule has 0 bridgehead atoms. The number of hydrogen-bond acceptors (Lipinski definition) is 5. The Labute approximate surface area is 226 Å². The first-order valence-electron chi connectivity index (χ1n) is 11.5. The summed E-state index contributed by atoms with van der Waals surface area (Å²) in [5.74, 6) is -0.136. The molecule has 2 heterocycles. The van der Waals surface area contributed by atoms with Crippen molar-refractivity contribution in [3.63, 3.8) is 0 Å². The molecule has 9 heteroatoms. The molecule has 1 N–H and O–H groups in total. The van der Waals surface area contributed by atoms with E-state index in [2.05, 4.69) is 25.8 Å². The van der Waals surface area contributed by atoms with Crippen LogP contribution in [-0.2, 0) is 16.1 Å². The van der Waals surface area contributed by atoms with Crippen molar-refractivity contribution < 1.29 is 19.1 Å². The first-order valence-corrected chi connectivity index (χ1v) is 13.2. The number of thioether (sulfide) groups is 1. The molecule has 37 heavy (non-hydrogen) atoms. The number of hydrogen-bond donors (Lipinski definition) is 1. The van der Waals surface area contributed by atoms with Gasteiger partial charge in [0, 0.05) is 27.1 Å². The van der Waals surface area contributed by atoms with Gasteiger partial charge in [0.2, 0.25) is 5.91 Å². The largest absolute Gasteiger partial charge is 0.492 e. The number of ether oxygens (including phenoxy) is 1. The van der Waals surface area contributed by atoms with Gasteiger partial charge in [-0.2, -0.15) is 0 Å². The Morgan fingerprint density at radius 2 is 1.70 bits per heavy atom. The third-order valence-corrected chi connectivity index (χ3v) is 7.37. The van der Waals surface area contributed by atoms with Gasteiger partial charge in [0.25, 0.3) is 11.1 Å². The number of aromatic nitrogens is 1. The minimum atomic E-state index is -0.485. The van der Waals surface area contributed by atoms with Gasteiger partial charge in [0.15, 0.2) is 0 Å². The van der Waals surface area contributed by atoms with Crippen LogP contribution in [0.15, 0.2) is 94.4 Å². The molecule has 1 fully saturated rings. The SMILES string of the molecule is O=C(CN1C(=O)S/C(=C\c2cn(CCOc3ccccc3)c3ccccc23)C1=O)Nc1ccccc1Br. The Morgan fingerprint density at radius 1 is 0.973 bits per heavy atom. The number of nitrogens with zero attached hydrogens (tertiary/aromatic N) is 2. The van der Waals surface area contributed by atoms with Gasteiger partial charge < -0.3 is 14.6 Å². The summed E-state index contributed by atoms with van der Waals surface area (Å²) < 4.78 is 8.63. The molecular weight excluding hydrogens is 554 g/mol. The third kappa shape index (κ3) is 5.63. The van der Waals surface area contributed by atoms with Crippen molar-refractivity contribution in [1.29, 1.82) is 0 Å². The van der Waals surface area contributed by atoms with Crippen LogP contribution in [0, 0.1) is 0 Å². The molecule has 1 aromatic heterocycles. The molecule has 3 aromatic carbocycles. The minimum absolute atomic E-state index is 0.280. The second-order valence-electron chi connectivity index (χ2n) is 8.25. The summed E-state index contributed by atoms with van der Waals surface area (Å²) in [6.45, 7) is 0.729. The van der Waals surface area contributed by atoms with Crippen LogP contribution in [0.1, 0.15) is 5.56 Å². The number of halogens is 1. The summed E-state index contributed by atoms with van der Waals surface area (Å²) in [6.07, 6.45) is 3.67. The summed E-state index contributed by atoms with van der Waals surface area (Å²) in [4.78, 5) is 39.4. The number of anilines is 1. The van der Waals surface area contributed by atoms with Crippen LogP contribution >= 0.6 is 27.7 Å². The molecule has 0 unspecified atom stereocenters. The zero-order valence-corrected chi connectivity index (χ0v) is 22.0. The van der Waals surface area contributed by atoms with Gasteiger partial charge in [0.1, 0.15) is 18.9 Å². The molecule has 5 rings (SSSR count). The summed E-state index contributed by atoms with van der Waals surface area (Å²) in [6, 6.07) is 24.6. The maximum absolute atomic E-state index is 13.0. The van der Waals surface area contributed by atoms with Crippen molar-refractivity contribution in [1.82, 2.24) is 9.47 Å². The molecule has 0 spiro atoms. The average Bonchev–Trinajstić information content (AvgIpc) is 3.38. The molecule has 0 saturated carbocycles. The van der Waals surface area contributed by atoms with Crippen LogP contribution in [-0.4, -0.2) is 39.7 Å². The van der Waals surface area contributed by atoms with E-state index in [1.165, 1.54) is 0 Å². The van der Waals surface area contributed by atoms with Crippen molar-refractivity contribution in [3.8, 4) is 5.75 Å². The smallest absolute Gasteiger partial charge is 0.294 e. The lowest BCUT2D eigenvalue weighted by molar-refractivity contribution is -0.127. The Balaban J connectivity index is 1.31. The van der Waals surface area contributed by atoms with E-state index in [-0.39, 0.29) is 11.4 Å². The average molecular weight is 576 g/mol. The Bertz CT molecular complexity index is 1520.